The van der Waals surface area contributed by atoms with Crippen molar-refractivity contribution < 1.29 is 96.4 Å². The maximum absolute atomic E-state index is 14.5. The molecule has 1 atom stereocenters. The molecule has 1 unspecified atom stereocenters. The average molecular weight is 2090 g/mol. The van der Waals surface area contributed by atoms with Gasteiger partial charge >= 0.3 is 16.7 Å². The Kier molecular flexibility index (Phi) is 28.3. The zero-order valence-electron chi connectivity index (χ0n) is 78.1. The van der Waals surface area contributed by atoms with Crippen LogP contribution in [0.15, 0.2) is 427 Å². The molecule has 26 rings (SSSR count). The number of rotatable bonds is 16. The van der Waals surface area contributed by atoms with Crippen molar-refractivity contribution in [1.29, 1.82) is 0 Å². The molecule has 0 saturated carbocycles. The molecule has 146 heavy (non-hydrogen) atoms. The summed E-state index contributed by atoms with van der Waals surface area (Å²) in [6.45, 7) is 0.307. The molecule has 9 aliphatic carbocycles. The Bertz CT molecular complexity index is 7630. The van der Waals surface area contributed by atoms with Crippen molar-refractivity contribution in [3.05, 3.63) is 511 Å². The third-order valence-corrected chi connectivity index (χ3v) is 36.5. The van der Waals surface area contributed by atoms with Gasteiger partial charge in [-0.1, -0.05) is 291 Å². The number of sulfone groups is 2. The Hall–Kier alpha value is -13.5. The highest BCUT2D eigenvalue weighted by Crippen LogP contribution is 2.65. The largest absolute Gasteiger partial charge is 0.743 e. The van der Waals surface area contributed by atoms with Gasteiger partial charge in [-0.25, -0.2) is 60.4 Å². The number of esters is 1. The summed E-state index contributed by atoms with van der Waals surface area (Å²) in [5.41, 5.74) is 11.7. The first kappa shape index (κ1) is 102. The second-order valence-electron chi connectivity index (χ2n) is 36.4. The molecular weight excluding hydrogens is 2000 g/mol. The van der Waals surface area contributed by atoms with E-state index in [4.69, 9.17) is 0 Å². The van der Waals surface area contributed by atoms with Gasteiger partial charge in [0.2, 0.25) is 17.3 Å². The lowest BCUT2D eigenvalue weighted by atomic mass is 9.51. The second-order valence-corrected chi connectivity index (χ2v) is 47.9. The van der Waals surface area contributed by atoms with E-state index in [0.29, 0.717) is 33.6 Å². The number of halogens is 13. The molecule has 1 aromatic heterocycles. The summed E-state index contributed by atoms with van der Waals surface area (Å²) in [6.07, 6.45) is 1.27. The Morgan fingerprint density at radius 2 is 0.644 bits per heavy atom. The van der Waals surface area contributed by atoms with Crippen molar-refractivity contribution in [2.75, 3.05) is 19.1 Å². The van der Waals surface area contributed by atoms with Gasteiger partial charge in [0.05, 0.1) is 38.4 Å². The molecule has 17 aromatic rings. The number of hydrogen-bond donors (Lipinski definition) is 0. The fraction of sp³-hybridized carbons (Fsp3) is 0.162. The monoisotopic (exact) mass is 2090 g/mol. The van der Waals surface area contributed by atoms with E-state index in [-0.39, 0.29) is 62.2 Å². The number of fused-ring (bicyclic) bond motifs is 3. The van der Waals surface area contributed by atoms with E-state index in [2.05, 4.69) is 77.5 Å². The third-order valence-electron chi connectivity index (χ3n) is 26.9. The number of alkyl halides is 9. The van der Waals surface area contributed by atoms with Crippen LogP contribution in [0, 0.1) is 29.2 Å². The highest BCUT2D eigenvalue weighted by Gasteiger charge is 2.58. The van der Waals surface area contributed by atoms with Crippen molar-refractivity contribution in [3.8, 4) is 4.90 Å². The fourth-order valence-electron chi connectivity index (χ4n) is 21.6. The van der Waals surface area contributed by atoms with Crippen LogP contribution in [0.3, 0.4) is 0 Å². The molecule has 6 bridgehead atoms. The van der Waals surface area contributed by atoms with Crippen molar-refractivity contribution in [2.45, 2.75) is 124 Å². The molecular formula is C117H89F13O10S6+2. The van der Waals surface area contributed by atoms with E-state index < -0.39 is 137 Å². The Labute approximate surface area is 843 Å². The van der Waals surface area contributed by atoms with Crippen LogP contribution >= 0.6 is 10.5 Å². The van der Waals surface area contributed by atoms with Gasteiger partial charge in [0.15, 0.2) is 86.1 Å². The summed E-state index contributed by atoms with van der Waals surface area (Å²) in [7, 11) is -17.9. The van der Waals surface area contributed by atoms with Gasteiger partial charge in [-0.15, -0.1) is 13.2 Å². The van der Waals surface area contributed by atoms with Crippen LogP contribution in [0.4, 0.5) is 57.1 Å². The van der Waals surface area contributed by atoms with Crippen LogP contribution in [0.5, 0.6) is 0 Å². The molecule has 9 aliphatic rings. The topological polar surface area (TPSA) is 169 Å². The number of carbonyl (C=O) groups excluding carboxylic acids is 1. The van der Waals surface area contributed by atoms with Crippen molar-refractivity contribution >= 4 is 88.2 Å². The first-order valence-electron chi connectivity index (χ1n) is 46.1. The van der Waals surface area contributed by atoms with Crippen LogP contribution in [0.25, 0.3) is 25.1 Å². The highest BCUT2D eigenvalue weighted by molar-refractivity contribution is 7.98. The van der Waals surface area contributed by atoms with E-state index in [0.717, 1.165) is 114 Å². The molecule has 0 amide bonds. The molecule has 742 valence electrons. The van der Waals surface area contributed by atoms with Gasteiger partial charge in [0.1, 0.15) is 33.1 Å². The van der Waals surface area contributed by atoms with Crippen LogP contribution in [0.2, 0.25) is 0 Å². The van der Waals surface area contributed by atoms with Crippen molar-refractivity contribution in [1.82, 2.24) is 0 Å². The minimum Gasteiger partial charge on any atom is -0.743 e. The SMILES string of the molecule is CC(F)(F)CC12c3ccccc3C(c3ccccc31)c1ccccc12.CC(F)(F)CC12c3ccccc3C(c3ccccc31)c1ccccc12.CS(=O)(=O)c1c(F)cc([S+](c2ccccc2)c2cc(F)c(S(C)(=O)=O)c(F)c2)cc1F.FC(F)(F)[S+](c1ccccc1)c1ccccc1.O=C(OCC(F)(F)S(=O)(=O)[O-])C1CC2c3ccccc3C1c1ccccc12.O=c1c2ccccc2[s+](-c2ccccc2)c2ccccc12. The molecule has 0 radical (unpaired) electrons. The Morgan fingerprint density at radius 1 is 0.370 bits per heavy atom. The van der Waals surface area contributed by atoms with Gasteiger partial charge in [-0.05, 0) is 182 Å². The second kappa shape index (κ2) is 40.4. The number of benzene rings is 16. The van der Waals surface area contributed by atoms with E-state index in [1.54, 1.807) is 66.7 Å². The Morgan fingerprint density at radius 3 is 0.945 bits per heavy atom. The number of carbonyl (C=O) groups is 1. The lowest BCUT2D eigenvalue weighted by Crippen LogP contribution is -2.45. The minimum atomic E-state index is -5.90. The zero-order valence-corrected chi connectivity index (χ0v) is 83.0. The first-order valence-corrected chi connectivity index (χ1v) is 55.0. The molecule has 29 heteroatoms. The third kappa shape index (κ3) is 19.7. The van der Waals surface area contributed by atoms with Crippen LogP contribution < -0.4 is 5.43 Å². The number of ether oxygens (including phenoxy) is 1. The van der Waals surface area contributed by atoms with Gasteiger partial charge in [0.25, 0.3) is 0 Å². The predicted octanol–water partition coefficient (Wildman–Crippen LogP) is 28.2. The first-order chi connectivity index (χ1) is 69.5. The van der Waals surface area contributed by atoms with Gasteiger partial charge in [-0.2, -0.15) is 8.78 Å². The van der Waals surface area contributed by atoms with Crippen LogP contribution in [-0.4, -0.2) is 77.5 Å². The zero-order chi connectivity index (χ0) is 104. The highest BCUT2D eigenvalue weighted by atomic mass is 32.2. The molecule has 0 N–H and O–H groups in total. The van der Waals surface area contributed by atoms with Crippen LogP contribution in [0.1, 0.15) is 146 Å². The maximum atomic E-state index is 14.5. The van der Waals surface area contributed by atoms with Crippen LogP contribution in [-0.2, 0) is 71.9 Å². The average Bonchev–Trinajstić information content (AvgIpc) is 0.677. The lowest BCUT2D eigenvalue weighted by Gasteiger charge is -2.51. The molecule has 16 aromatic carbocycles. The quantitative estimate of drug-likeness (QED) is 0.0298. The Balaban J connectivity index is 0.000000116. The van der Waals surface area contributed by atoms with E-state index in [1.165, 1.54) is 62.5 Å². The molecule has 0 spiro atoms. The van der Waals surface area contributed by atoms with E-state index in [9.17, 15) is 96.5 Å². The predicted molar refractivity (Wildman–Crippen MR) is 543 cm³/mol. The summed E-state index contributed by atoms with van der Waals surface area (Å²) in [5.74, 6) is -12.7. The van der Waals surface area contributed by atoms with Crippen molar-refractivity contribution in [2.24, 2.45) is 5.92 Å². The standard InChI is InChI=1S/2C23H18F2.C20H15F4O4S3.C19H16F2O5S.C19H13OS.C13H10F3S/c2*1-22(24,25)14-23-18-11-5-2-8-15(18)21(16-9-3-6-12-19(16)23)17-10-4-7-13-20(17)23;1-30(25,26)19-15(21)8-13(9-16(19)22)29(12-6-4-3-5-7-12)14-10-17(23)20(18(24)11-14)31(2,27)28;20-19(21,27(23,24)25)10-26-18(22)16-9-15-11-5-1-3-7-13(11)17(16)14-8-4-2-6-12(14)15;20-19-15-10-4-6-12-17(15)21(14-8-2-1-3-9-14)18-13-7-5-11-16(18)19;14-13(15,16)17(11-7-3-1-4-8-11)12-9-5-2-6-10-12/h2*2-13,21H,14H2,1H3;3-11H,1-2H3;1-8,15-17H,9-10H2,(H,23,24,25);1-13H;1-10H/q;;+1;;2*+1/p-1. The molecule has 10 nitrogen and oxygen atoms in total. The molecule has 0 fully saturated rings. The van der Waals surface area contributed by atoms with E-state index >= 15 is 0 Å². The fourth-order valence-corrected chi connectivity index (χ4v) is 29.7. The summed E-state index contributed by atoms with van der Waals surface area (Å²) >= 11 is 0. The molecule has 0 saturated heterocycles. The van der Waals surface area contributed by atoms with Gasteiger partial charge in [-0.3, -0.25) is 9.59 Å². The molecule has 1 heterocycles. The molecule has 0 aliphatic heterocycles. The summed E-state index contributed by atoms with van der Waals surface area (Å²) < 4.78 is 267. The van der Waals surface area contributed by atoms with Gasteiger partial charge < -0.3 is 9.29 Å². The van der Waals surface area contributed by atoms with Crippen molar-refractivity contribution in [3.63, 3.8) is 0 Å². The summed E-state index contributed by atoms with van der Waals surface area (Å²) in [6, 6.07) is 118. The normalized spacial score (nSPS) is 17.8. The van der Waals surface area contributed by atoms with Gasteiger partial charge in [0, 0.05) is 83.8 Å². The number of hydrogen-bond acceptors (Lipinski definition) is 10. The minimum absolute atomic E-state index is 0.0660. The summed E-state index contributed by atoms with van der Waals surface area (Å²) in [5, 5.41) is -2.97. The lowest BCUT2D eigenvalue weighted by molar-refractivity contribution is -0.156. The smallest absolute Gasteiger partial charge is 0.586 e. The maximum Gasteiger partial charge on any atom is 0.586 e. The van der Waals surface area contributed by atoms with E-state index in [1.807, 2.05) is 200 Å². The summed E-state index contributed by atoms with van der Waals surface area (Å²) in [4.78, 5) is 25.1.